The molecule has 0 saturated carbocycles. The van der Waals surface area contributed by atoms with E-state index in [0.717, 1.165) is 44.1 Å². The molecule has 1 fully saturated rings. The van der Waals surface area contributed by atoms with E-state index < -0.39 is 0 Å². The van der Waals surface area contributed by atoms with Crippen molar-refractivity contribution in [1.82, 2.24) is 14.7 Å². The number of nitrogens with two attached hydrogens (primary N) is 1. The maximum absolute atomic E-state index is 9.06. The van der Waals surface area contributed by atoms with Gasteiger partial charge in [0.2, 0.25) is 0 Å². The summed E-state index contributed by atoms with van der Waals surface area (Å²) in [5.74, 6) is 0.973. The molecule has 4 N–H and O–H groups in total. The van der Waals surface area contributed by atoms with Crippen LogP contribution in [0.4, 0.5) is 5.82 Å². The van der Waals surface area contributed by atoms with Crippen LogP contribution in [0.15, 0.2) is 5.16 Å². The molecule has 1 aliphatic rings. The highest BCUT2D eigenvalue weighted by Gasteiger charge is 2.24. The molecule has 21 heavy (non-hydrogen) atoms. The summed E-state index contributed by atoms with van der Waals surface area (Å²) in [5.41, 5.74) is 7.25. The first-order valence-corrected chi connectivity index (χ1v) is 7.18. The van der Waals surface area contributed by atoms with Crippen LogP contribution < -0.4 is 10.6 Å². The third kappa shape index (κ3) is 3.27. The summed E-state index contributed by atoms with van der Waals surface area (Å²) >= 11 is 0. The van der Waals surface area contributed by atoms with Crippen molar-refractivity contribution in [1.29, 1.82) is 0 Å². The highest BCUT2D eigenvalue weighted by atomic mass is 16.4. The minimum Gasteiger partial charge on any atom is -0.409 e. The number of β-amino-alcohol motifs (C(OH)–C–C–N with tert-alkyl or cyclic N) is 1. The average Bonchev–Trinajstić information content (AvgIpc) is 2.64. The second-order valence-corrected chi connectivity index (χ2v) is 5.30. The quantitative estimate of drug-likeness (QED) is 0.295. The largest absolute Gasteiger partial charge is 0.409 e. The Balaban J connectivity index is 2.25. The second-order valence-electron chi connectivity index (χ2n) is 5.30. The number of rotatable bonds is 4. The van der Waals surface area contributed by atoms with E-state index in [1.54, 1.807) is 4.68 Å². The lowest BCUT2D eigenvalue weighted by Crippen LogP contribution is -2.34. The molecule has 0 unspecified atom stereocenters. The van der Waals surface area contributed by atoms with Crippen molar-refractivity contribution in [2.24, 2.45) is 17.9 Å². The number of hydrogen-bond acceptors (Lipinski definition) is 6. The summed E-state index contributed by atoms with van der Waals surface area (Å²) in [6.07, 6.45) is 1.000. The van der Waals surface area contributed by atoms with Gasteiger partial charge < -0.3 is 20.9 Å². The Kier molecular flexibility index (Phi) is 5.03. The molecule has 0 radical (unpaired) electrons. The van der Waals surface area contributed by atoms with E-state index in [4.69, 9.17) is 16.0 Å². The Hall–Kier alpha value is -1.80. The van der Waals surface area contributed by atoms with E-state index in [0.29, 0.717) is 12.1 Å². The molecule has 0 spiro atoms. The van der Waals surface area contributed by atoms with E-state index >= 15 is 0 Å². The molecule has 2 heterocycles. The van der Waals surface area contributed by atoms with Gasteiger partial charge in [0.05, 0.1) is 17.9 Å². The lowest BCUT2D eigenvalue weighted by atomic mass is 10.2. The van der Waals surface area contributed by atoms with E-state index in [1.807, 2.05) is 14.0 Å². The van der Waals surface area contributed by atoms with Crippen LogP contribution in [0.25, 0.3) is 0 Å². The van der Waals surface area contributed by atoms with Gasteiger partial charge in [-0.2, -0.15) is 5.10 Å². The van der Waals surface area contributed by atoms with Gasteiger partial charge >= 0.3 is 0 Å². The number of aryl methyl sites for hydroxylation is 2. The van der Waals surface area contributed by atoms with Crippen LogP contribution in [0.1, 0.15) is 17.7 Å². The average molecular weight is 296 g/mol. The zero-order valence-electron chi connectivity index (χ0n) is 12.7. The number of aliphatic hydroxyl groups excluding tert-OH is 1. The van der Waals surface area contributed by atoms with E-state index in [9.17, 15) is 0 Å². The third-order valence-electron chi connectivity index (χ3n) is 3.86. The summed E-state index contributed by atoms with van der Waals surface area (Å²) in [5, 5.41) is 25.6. The Labute approximate surface area is 124 Å². The molecule has 1 aliphatic heterocycles. The van der Waals surface area contributed by atoms with Crippen LogP contribution in [-0.2, 0) is 7.05 Å². The molecule has 1 saturated heterocycles. The number of oxime groups is 1. The summed E-state index contributed by atoms with van der Waals surface area (Å²) in [6.45, 7) is 6.28. The van der Waals surface area contributed by atoms with Gasteiger partial charge in [0, 0.05) is 33.2 Å². The summed E-state index contributed by atoms with van der Waals surface area (Å²) in [6, 6.07) is 0. The van der Waals surface area contributed by atoms with Crippen molar-refractivity contribution in [3.63, 3.8) is 0 Å². The summed E-state index contributed by atoms with van der Waals surface area (Å²) in [4.78, 5) is 4.46. The summed E-state index contributed by atoms with van der Waals surface area (Å²) < 4.78 is 1.78. The minimum absolute atomic E-state index is 0.0899. The molecule has 0 amide bonds. The van der Waals surface area contributed by atoms with Crippen molar-refractivity contribution in [3.8, 4) is 0 Å². The van der Waals surface area contributed by atoms with Gasteiger partial charge in [-0.3, -0.25) is 9.58 Å². The molecule has 1 aromatic heterocycles. The van der Waals surface area contributed by atoms with Gasteiger partial charge in [0.1, 0.15) is 5.82 Å². The molecule has 0 bridgehead atoms. The zero-order valence-corrected chi connectivity index (χ0v) is 12.7. The number of hydrogen-bond donors (Lipinski definition) is 3. The topological polar surface area (TPSA) is 103 Å². The highest BCUT2D eigenvalue weighted by Crippen LogP contribution is 2.24. The van der Waals surface area contributed by atoms with Crippen LogP contribution in [0.5, 0.6) is 0 Å². The summed E-state index contributed by atoms with van der Waals surface area (Å²) in [7, 11) is 1.87. The standard InChI is InChI=1S/C13H24N6O2/c1-10-11(12(14)16-21)13(17(2)15-10)19-5-3-4-18(6-7-19)8-9-20/h20-21H,3-9H2,1-2H3,(H2,14,16). The smallest absolute Gasteiger partial charge is 0.175 e. The van der Waals surface area contributed by atoms with Crippen LogP contribution in [0.3, 0.4) is 0 Å². The zero-order chi connectivity index (χ0) is 15.4. The monoisotopic (exact) mass is 296 g/mol. The number of amidine groups is 1. The minimum atomic E-state index is 0.0899. The van der Waals surface area contributed by atoms with Crippen LogP contribution in [-0.4, -0.2) is 70.2 Å². The first kappa shape index (κ1) is 15.6. The SMILES string of the molecule is Cc1nn(C)c(N2CCCN(CCO)CC2)c1C(N)=NO. The predicted molar refractivity (Wildman–Crippen MR) is 80.8 cm³/mol. The molecule has 118 valence electrons. The number of aliphatic hydroxyl groups is 1. The molecular weight excluding hydrogens is 272 g/mol. The molecule has 2 rings (SSSR count). The first-order chi connectivity index (χ1) is 10.1. The highest BCUT2D eigenvalue weighted by molar-refractivity contribution is 6.02. The maximum atomic E-state index is 9.06. The number of nitrogens with zero attached hydrogens (tertiary/aromatic N) is 5. The van der Waals surface area contributed by atoms with E-state index in [1.165, 1.54) is 0 Å². The molecule has 8 nitrogen and oxygen atoms in total. The van der Waals surface area contributed by atoms with Gasteiger partial charge in [0.25, 0.3) is 0 Å². The van der Waals surface area contributed by atoms with Gasteiger partial charge in [-0.1, -0.05) is 5.16 Å². The van der Waals surface area contributed by atoms with E-state index in [2.05, 4.69) is 20.1 Å². The van der Waals surface area contributed by atoms with Gasteiger partial charge in [0.15, 0.2) is 5.84 Å². The number of anilines is 1. The van der Waals surface area contributed by atoms with Crippen molar-refractivity contribution < 1.29 is 10.3 Å². The van der Waals surface area contributed by atoms with Crippen molar-refractivity contribution in [2.75, 3.05) is 44.2 Å². The van der Waals surface area contributed by atoms with E-state index in [-0.39, 0.29) is 12.4 Å². The van der Waals surface area contributed by atoms with Crippen LogP contribution in [0.2, 0.25) is 0 Å². The molecule has 1 aromatic rings. The molecular formula is C13H24N6O2. The Morgan fingerprint density at radius 3 is 2.76 bits per heavy atom. The van der Waals surface area contributed by atoms with Gasteiger partial charge in [-0.05, 0) is 19.9 Å². The molecule has 0 aromatic carbocycles. The molecule has 0 aliphatic carbocycles. The molecule has 0 atom stereocenters. The number of aromatic nitrogens is 2. The fraction of sp³-hybridized carbons (Fsp3) is 0.692. The first-order valence-electron chi connectivity index (χ1n) is 7.18. The van der Waals surface area contributed by atoms with Crippen molar-refractivity contribution in [2.45, 2.75) is 13.3 Å². The van der Waals surface area contributed by atoms with Gasteiger partial charge in [-0.25, -0.2) is 0 Å². The van der Waals surface area contributed by atoms with Crippen molar-refractivity contribution >= 4 is 11.7 Å². The maximum Gasteiger partial charge on any atom is 0.175 e. The lowest BCUT2D eigenvalue weighted by Gasteiger charge is -2.24. The Morgan fingerprint density at radius 2 is 2.10 bits per heavy atom. The fourth-order valence-corrected chi connectivity index (χ4v) is 2.91. The normalized spacial score (nSPS) is 18.0. The third-order valence-corrected chi connectivity index (χ3v) is 3.86. The van der Waals surface area contributed by atoms with Crippen molar-refractivity contribution in [3.05, 3.63) is 11.3 Å². The van der Waals surface area contributed by atoms with Crippen LogP contribution in [0, 0.1) is 6.92 Å². The second kappa shape index (κ2) is 6.77. The predicted octanol–water partition coefficient (Wildman–Crippen LogP) is -0.673. The lowest BCUT2D eigenvalue weighted by molar-refractivity contribution is 0.204. The Bertz CT molecular complexity index is 513. The fourth-order valence-electron chi connectivity index (χ4n) is 2.91. The Morgan fingerprint density at radius 1 is 1.33 bits per heavy atom. The van der Waals surface area contributed by atoms with Crippen LogP contribution >= 0.6 is 0 Å². The molecule has 8 heteroatoms. The van der Waals surface area contributed by atoms with Gasteiger partial charge in [-0.15, -0.1) is 0 Å².